The van der Waals surface area contributed by atoms with E-state index in [2.05, 4.69) is 10.6 Å². The molecule has 8 heteroatoms. The molecule has 146 valence electrons. The van der Waals surface area contributed by atoms with Crippen molar-refractivity contribution in [3.8, 4) is 5.75 Å². The number of hydrogen-bond acceptors (Lipinski definition) is 5. The van der Waals surface area contributed by atoms with Crippen LogP contribution in [0.1, 0.15) is 29.6 Å². The van der Waals surface area contributed by atoms with Gasteiger partial charge >= 0.3 is 0 Å². The Morgan fingerprint density at radius 1 is 1.33 bits per heavy atom. The smallest absolute Gasteiger partial charge is 0.255 e. The van der Waals surface area contributed by atoms with E-state index in [4.69, 9.17) is 9.47 Å². The van der Waals surface area contributed by atoms with Gasteiger partial charge in [-0.15, -0.1) is 0 Å². The van der Waals surface area contributed by atoms with Crippen molar-refractivity contribution in [2.75, 3.05) is 39.9 Å². The van der Waals surface area contributed by atoms with Gasteiger partial charge in [-0.1, -0.05) is 12.1 Å². The SMILES string of the molecule is COCCNC(=O)CN1CC[C@]2(CCC1=O)CNC(=O)c1ccccc1O2. The van der Waals surface area contributed by atoms with Gasteiger partial charge in [0.05, 0.1) is 25.3 Å². The van der Waals surface area contributed by atoms with Gasteiger partial charge < -0.3 is 25.0 Å². The number of carbonyl (C=O) groups excluding carboxylic acids is 3. The third kappa shape index (κ3) is 4.57. The van der Waals surface area contributed by atoms with Crippen LogP contribution in [0.3, 0.4) is 0 Å². The Balaban J connectivity index is 1.67. The first-order valence-corrected chi connectivity index (χ1v) is 9.13. The zero-order chi connectivity index (χ0) is 19.3. The van der Waals surface area contributed by atoms with Crippen molar-refractivity contribution in [2.24, 2.45) is 0 Å². The molecule has 0 aromatic heterocycles. The van der Waals surface area contributed by atoms with E-state index in [9.17, 15) is 14.4 Å². The van der Waals surface area contributed by atoms with Gasteiger partial charge in [-0.25, -0.2) is 0 Å². The third-order valence-corrected chi connectivity index (χ3v) is 4.98. The number of methoxy groups -OCH3 is 1. The largest absolute Gasteiger partial charge is 0.485 e. The molecule has 1 spiro atoms. The fourth-order valence-electron chi connectivity index (χ4n) is 3.40. The summed E-state index contributed by atoms with van der Waals surface area (Å²) in [4.78, 5) is 38.3. The summed E-state index contributed by atoms with van der Waals surface area (Å²) in [5, 5.41) is 5.63. The predicted molar refractivity (Wildman–Crippen MR) is 97.5 cm³/mol. The summed E-state index contributed by atoms with van der Waals surface area (Å²) in [7, 11) is 1.56. The molecule has 0 aliphatic carbocycles. The summed E-state index contributed by atoms with van der Waals surface area (Å²) in [6.45, 7) is 1.58. The Bertz CT molecular complexity index is 723. The Morgan fingerprint density at radius 2 is 2.15 bits per heavy atom. The van der Waals surface area contributed by atoms with Crippen LogP contribution in [0.25, 0.3) is 0 Å². The lowest BCUT2D eigenvalue weighted by Gasteiger charge is -2.32. The van der Waals surface area contributed by atoms with Gasteiger partial charge in [0, 0.05) is 33.0 Å². The number of ether oxygens (including phenoxy) is 2. The van der Waals surface area contributed by atoms with E-state index in [-0.39, 0.29) is 30.7 Å². The lowest BCUT2D eigenvalue weighted by molar-refractivity contribution is -0.135. The fourth-order valence-corrected chi connectivity index (χ4v) is 3.40. The number of hydrogen-bond donors (Lipinski definition) is 2. The summed E-state index contributed by atoms with van der Waals surface area (Å²) >= 11 is 0. The number of nitrogens with one attached hydrogen (secondary N) is 2. The minimum absolute atomic E-state index is 0.0155. The number of nitrogens with zero attached hydrogens (tertiary/aromatic N) is 1. The predicted octanol–water partition coefficient (Wildman–Crippen LogP) is 0.323. The maximum absolute atomic E-state index is 12.5. The van der Waals surface area contributed by atoms with E-state index in [0.717, 1.165) is 0 Å². The molecule has 2 aliphatic rings. The number of amides is 3. The molecule has 1 aromatic rings. The average molecular weight is 375 g/mol. The molecule has 3 rings (SSSR count). The normalized spacial score (nSPS) is 22.3. The van der Waals surface area contributed by atoms with Crippen LogP contribution in [-0.2, 0) is 14.3 Å². The van der Waals surface area contributed by atoms with Gasteiger partial charge in [0.15, 0.2) is 0 Å². The summed E-state index contributed by atoms with van der Waals surface area (Å²) in [6, 6.07) is 7.11. The molecule has 0 unspecified atom stereocenters. The molecule has 1 saturated heterocycles. The molecule has 0 saturated carbocycles. The molecule has 27 heavy (non-hydrogen) atoms. The second-order valence-electron chi connectivity index (χ2n) is 6.87. The first kappa shape index (κ1) is 19.2. The third-order valence-electron chi connectivity index (χ3n) is 4.98. The maximum Gasteiger partial charge on any atom is 0.255 e. The molecular weight excluding hydrogens is 350 g/mol. The van der Waals surface area contributed by atoms with E-state index in [1.54, 1.807) is 30.2 Å². The fraction of sp³-hybridized carbons (Fsp3) is 0.526. The summed E-state index contributed by atoms with van der Waals surface area (Å²) < 4.78 is 11.1. The molecule has 3 amide bonds. The van der Waals surface area contributed by atoms with Gasteiger partial charge in [-0.2, -0.15) is 0 Å². The first-order valence-electron chi connectivity index (χ1n) is 9.13. The molecule has 1 aromatic carbocycles. The Morgan fingerprint density at radius 3 is 2.96 bits per heavy atom. The van der Waals surface area contributed by atoms with Crippen LogP contribution in [0.5, 0.6) is 5.75 Å². The highest BCUT2D eigenvalue weighted by Crippen LogP contribution is 2.33. The van der Waals surface area contributed by atoms with E-state index in [1.165, 1.54) is 0 Å². The zero-order valence-electron chi connectivity index (χ0n) is 15.5. The van der Waals surface area contributed by atoms with Gasteiger partial charge in [0.2, 0.25) is 11.8 Å². The van der Waals surface area contributed by atoms with Crippen molar-refractivity contribution in [2.45, 2.75) is 24.9 Å². The summed E-state index contributed by atoms with van der Waals surface area (Å²) in [5.41, 5.74) is -0.154. The molecular formula is C19H25N3O5. The van der Waals surface area contributed by atoms with Crippen LogP contribution in [0.15, 0.2) is 24.3 Å². The number of rotatable bonds is 5. The quantitative estimate of drug-likeness (QED) is 0.723. The molecule has 2 heterocycles. The average Bonchev–Trinajstić information content (AvgIpc) is 2.90. The van der Waals surface area contributed by atoms with Crippen molar-refractivity contribution < 1.29 is 23.9 Å². The van der Waals surface area contributed by atoms with Gasteiger partial charge in [-0.05, 0) is 18.6 Å². The van der Waals surface area contributed by atoms with E-state index in [0.29, 0.717) is 50.4 Å². The van der Waals surface area contributed by atoms with Crippen LogP contribution in [0.2, 0.25) is 0 Å². The van der Waals surface area contributed by atoms with E-state index in [1.807, 2.05) is 6.07 Å². The topological polar surface area (TPSA) is 97.0 Å². The maximum atomic E-state index is 12.5. The van der Waals surface area contributed by atoms with Gasteiger partial charge in [0.1, 0.15) is 11.4 Å². The lowest BCUT2D eigenvalue weighted by atomic mass is 9.94. The van der Waals surface area contributed by atoms with Crippen molar-refractivity contribution in [3.63, 3.8) is 0 Å². The lowest BCUT2D eigenvalue weighted by Crippen LogP contribution is -2.46. The number of carbonyl (C=O) groups is 3. The Labute approximate surface area is 158 Å². The number of benzene rings is 1. The molecule has 2 aliphatic heterocycles. The number of para-hydroxylation sites is 1. The Kier molecular flexibility index (Phi) is 5.95. The van der Waals surface area contributed by atoms with Crippen LogP contribution < -0.4 is 15.4 Å². The minimum Gasteiger partial charge on any atom is -0.485 e. The molecule has 1 fully saturated rings. The summed E-state index contributed by atoms with van der Waals surface area (Å²) in [5.74, 6) is 0.0659. The van der Waals surface area contributed by atoms with Crippen LogP contribution in [0.4, 0.5) is 0 Å². The molecule has 0 bridgehead atoms. The zero-order valence-corrected chi connectivity index (χ0v) is 15.5. The summed E-state index contributed by atoms with van der Waals surface area (Å²) in [6.07, 6.45) is 1.30. The number of likely N-dealkylation sites (tertiary alicyclic amines) is 1. The Hall–Kier alpha value is -2.61. The van der Waals surface area contributed by atoms with Crippen LogP contribution in [-0.4, -0.2) is 68.1 Å². The molecule has 2 N–H and O–H groups in total. The molecule has 8 nitrogen and oxygen atoms in total. The van der Waals surface area contributed by atoms with E-state index < -0.39 is 5.60 Å². The van der Waals surface area contributed by atoms with E-state index >= 15 is 0 Å². The monoisotopic (exact) mass is 375 g/mol. The molecule has 0 radical (unpaired) electrons. The molecule has 1 atom stereocenters. The van der Waals surface area contributed by atoms with Crippen molar-refractivity contribution >= 4 is 17.7 Å². The van der Waals surface area contributed by atoms with Gasteiger partial charge in [-0.3, -0.25) is 14.4 Å². The second kappa shape index (κ2) is 8.39. The first-order chi connectivity index (χ1) is 13.0. The van der Waals surface area contributed by atoms with Crippen molar-refractivity contribution in [1.82, 2.24) is 15.5 Å². The highest BCUT2D eigenvalue weighted by molar-refractivity contribution is 5.97. The van der Waals surface area contributed by atoms with Gasteiger partial charge in [0.25, 0.3) is 5.91 Å². The highest BCUT2D eigenvalue weighted by atomic mass is 16.5. The van der Waals surface area contributed by atoms with Crippen LogP contribution >= 0.6 is 0 Å². The highest BCUT2D eigenvalue weighted by Gasteiger charge is 2.40. The standard InChI is InChI=1S/C19H25N3O5/c1-26-11-9-20-16(23)12-22-10-8-19(7-6-17(22)24)13-21-18(25)14-4-2-3-5-15(14)27-19/h2-5H,6-13H2,1H3,(H,20,23)(H,21,25)/t19-/m1/s1. The second-order valence-corrected chi connectivity index (χ2v) is 6.87. The van der Waals surface area contributed by atoms with Crippen molar-refractivity contribution in [1.29, 1.82) is 0 Å². The van der Waals surface area contributed by atoms with Crippen LogP contribution in [0, 0.1) is 0 Å². The number of fused-ring (bicyclic) bond motifs is 1. The minimum atomic E-state index is -0.654. The van der Waals surface area contributed by atoms with Crippen molar-refractivity contribution in [3.05, 3.63) is 29.8 Å².